The summed E-state index contributed by atoms with van der Waals surface area (Å²) in [4.78, 5) is 11.9. The Bertz CT molecular complexity index is 702. The largest absolute Gasteiger partial charge is 0.468 e. The Kier molecular flexibility index (Phi) is 5.24. The Morgan fingerprint density at radius 2 is 1.82 bits per heavy atom. The molecule has 3 aliphatic carbocycles. The third-order valence-corrected chi connectivity index (χ3v) is 13.4. The van der Waals surface area contributed by atoms with Gasteiger partial charge in [-0.2, -0.15) is 0 Å². The Labute approximate surface area is 176 Å². The van der Waals surface area contributed by atoms with Gasteiger partial charge in [0.15, 0.2) is 13.2 Å². The molecule has 0 aromatic heterocycles. The van der Waals surface area contributed by atoms with E-state index >= 15 is 0 Å². The van der Waals surface area contributed by atoms with Crippen LogP contribution in [0.4, 0.5) is 0 Å². The first-order valence-electron chi connectivity index (χ1n) is 10.4. The van der Waals surface area contributed by atoms with Crippen LogP contribution in [-0.2, 0) is 14.0 Å². The first-order chi connectivity index (χ1) is 12.6. The van der Waals surface area contributed by atoms with E-state index in [1.807, 2.05) is 0 Å². The molecule has 28 heavy (non-hydrogen) atoms. The smallest absolute Gasteiger partial charge is 0.328 e. The molecule has 1 N–H and O–H groups in total. The molecular formula is C22H37ClO4Si. The van der Waals surface area contributed by atoms with Crippen molar-refractivity contribution in [3.05, 3.63) is 11.1 Å². The van der Waals surface area contributed by atoms with Crippen LogP contribution < -0.4 is 0 Å². The van der Waals surface area contributed by atoms with Crippen molar-refractivity contribution in [3.8, 4) is 0 Å². The second-order valence-electron chi connectivity index (χ2n) is 11.4. The lowest BCUT2D eigenvalue weighted by atomic mass is 9.66. The number of ether oxygens (including phenoxy) is 1. The zero-order valence-corrected chi connectivity index (χ0v) is 20.5. The van der Waals surface area contributed by atoms with E-state index in [0.717, 1.165) is 31.3 Å². The van der Waals surface area contributed by atoms with Crippen molar-refractivity contribution in [1.82, 2.24) is 0 Å². The van der Waals surface area contributed by atoms with Gasteiger partial charge in [-0.25, -0.2) is 0 Å². The van der Waals surface area contributed by atoms with Crippen molar-refractivity contribution in [2.45, 2.75) is 89.4 Å². The van der Waals surface area contributed by atoms with Crippen molar-refractivity contribution >= 4 is 25.9 Å². The van der Waals surface area contributed by atoms with Gasteiger partial charge in [0.25, 0.3) is 0 Å². The van der Waals surface area contributed by atoms with Gasteiger partial charge in [-0.1, -0.05) is 40.2 Å². The van der Waals surface area contributed by atoms with Gasteiger partial charge < -0.3 is 14.3 Å². The minimum atomic E-state index is -2.04. The molecule has 0 bridgehead atoms. The molecule has 3 aliphatic rings. The first-order valence-corrected chi connectivity index (χ1v) is 13.7. The zero-order valence-electron chi connectivity index (χ0n) is 18.7. The number of hydrogen-bond acceptors (Lipinski definition) is 4. The number of aliphatic hydroxyl groups is 1. The van der Waals surface area contributed by atoms with Crippen LogP contribution in [0.2, 0.25) is 18.1 Å². The Balaban J connectivity index is 2.04. The lowest BCUT2D eigenvalue weighted by Gasteiger charge is -2.47. The van der Waals surface area contributed by atoms with Crippen LogP contribution in [0, 0.1) is 16.7 Å². The number of methoxy groups -OCH3 is 1. The molecule has 6 heteroatoms. The molecule has 3 rings (SSSR count). The molecule has 0 saturated heterocycles. The standard InChI is InChI=1S/C22H37ClO4Si/c1-19(2,3)28(7,8)27-13-15-16-14(11-20(4,5)17(16)24)12-21(9-10-21)22(15,23)18(25)26-6/h15,17,24H,9-13H2,1-8H3/t15-,17+,22-/m0/s1. The van der Waals surface area contributed by atoms with Gasteiger partial charge in [-0.05, 0) is 54.8 Å². The summed E-state index contributed by atoms with van der Waals surface area (Å²) in [5.41, 5.74) is 1.73. The van der Waals surface area contributed by atoms with Crippen molar-refractivity contribution < 1.29 is 19.1 Å². The fraction of sp³-hybridized carbons (Fsp3) is 0.864. The molecule has 0 amide bonds. The number of carbonyl (C=O) groups is 1. The molecule has 1 spiro atoms. The van der Waals surface area contributed by atoms with Crippen LogP contribution in [0.15, 0.2) is 11.1 Å². The second-order valence-corrected chi connectivity index (χ2v) is 16.8. The number of aliphatic hydroxyl groups excluding tert-OH is 1. The van der Waals surface area contributed by atoms with Gasteiger partial charge in [0.1, 0.15) is 0 Å². The van der Waals surface area contributed by atoms with Crippen molar-refractivity contribution in [1.29, 1.82) is 0 Å². The topological polar surface area (TPSA) is 55.8 Å². The molecule has 1 saturated carbocycles. The summed E-state index contributed by atoms with van der Waals surface area (Å²) in [6.45, 7) is 15.6. The fourth-order valence-corrected chi connectivity index (χ4v) is 6.53. The van der Waals surface area contributed by atoms with E-state index in [1.54, 1.807) is 0 Å². The van der Waals surface area contributed by atoms with Gasteiger partial charge in [0, 0.05) is 17.9 Å². The summed E-state index contributed by atoms with van der Waals surface area (Å²) in [6.07, 6.45) is 2.90. The number of halogens is 1. The minimum absolute atomic E-state index is 0.0595. The Morgan fingerprint density at radius 1 is 1.25 bits per heavy atom. The third kappa shape index (κ3) is 3.12. The van der Waals surface area contributed by atoms with Gasteiger partial charge in [0.2, 0.25) is 0 Å². The first kappa shape index (κ1) is 22.3. The molecule has 4 nitrogen and oxygen atoms in total. The number of alkyl halides is 1. The monoisotopic (exact) mass is 428 g/mol. The number of allylic oxidation sites excluding steroid dienone is 1. The highest BCUT2D eigenvalue weighted by Gasteiger charge is 2.71. The van der Waals surface area contributed by atoms with Gasteiger partial charge in [0.05, 0.1) is 13.2 Å². The van der Waals surface area contributed by atoms with Gasteiger partial charge in [-0.3, -0.25) is 4.79 Å². The second kappa shape index (κ2) is 6.57. The number of carbonyl (C=O) groups excluding carboxylic acids is 1. The lowest BCUT2D eigenvalue weighted by Crippen LogP contribution is -2.56. The van der Waals surface area contributed by atoms with Crippen molar-refractivity contribution in [2.24, 2.45) is 16.7 Å². The van der Waals surface area contributed by atoms with Crippen LogP contribution in [-0.4, -0.2) is 44.1 Å². The van der Waals surface area contributed by atoms with E-state index in [4.69, 9.17) is 20.8 Å². The molecule has 0 aromatic rings. The highest BCUT2D eigenvalue weighted by molar-refractivity contribution is 6.74. The molecule has 0 aliphatic heterocycles. The number of rotatable bonds is 4. The molecule has 160 valence electrons. The van der Waals surface area contributed by atoms with E-state index in [9.17, 15) is 9.90 Å². The summed E-state index contributed by atoms with van der Waals surface area (Å²) in [7, 11) is -0.629. The van der Waals surface area contributed by atoms with Crippen LogP contribution in [0.5, 0.6) is 0 Å². The van der Waals surface area contributed by atoms with Gasteiger partial charge >= 0.3 is 5.97 Å². The van der Waals surface area contributed by atoms with E-state index in [2.05, 4.69) is 47.7 Å². The van der Waals surface area contributed by atoms with Crippen LogP contribution in [0.1, 0.15) is 60.3 Å². The average Bonchev–Trinajstić information content (AvgIpc) is 3.30. The zero-order chi connectivity index (χ0) is 21.3. The summed E-state index contributed by atoms with van der Waals surface area (Å²) in [6, 6.07) is 0. The Hall–Kier alpha value is -0.363. The predicted molar refractivity (Wildman–Crippen MR) is 115 cm³/mol. The summed E-state index contributed by atoms with van der Waals surface area (Å²) < 4.78 is 11.8. The van der Waals surface area contributed by atoms with Gasteiger partial charge in [-0.15, -0.1) is 11.6 Å². The summed E-state index contributed by atoms with van der Waals surface area (Å²) in [5, 5.41) is 11.2. The van der Waals surface area contributed by atoms with Crippen LogP contribution in [0.3, 0.4) is 0 Å². The lowest BCUT2D eigenvalue weighted by molar-refractivity contribution is -0.148. The highest BCUT2D eigenvalue weighted by Crippen LogP contribution is 2.70. The van der Waals surface area contributed by atoms with E-state index < -0.39 is 19.3 Å². The molecule has 0 unspecified atom stereocenters. The number of esters is 1. The maximum absolute atomic E-state index is 13.0. The van der Waals surface area contributed by atoms with Crippen molar-refractivity contribution in [2.75, 3.05) is 13.7 Å². The number of hydrogen-bond donors (Lipinski definition) is 1. The molecule has 0 radical (unpaired) electrons. The Morgan fingerprint density at radius 3 is 2.29 bits per heavy atom. The van der Waals surface area contributed by atoms with Crippen LogP contribution >= 0.6 is 11.6 Å². The predicted octanol–water partition coefficient (Wildman–Crippen LogP) is 5.05. The molecule has 0 heterocycles. The maximum Gasteiger partial charge on any atom is 0.328 e. The van der Waals surface area contributed by atoms with E-state index in [1.165, 1.54) is 12.7 Å². The SMILES string of the molecule is COC(=O)[C@@]1(Cl)[C@@H](CO[Si](C)(C)C(C)(C)C)C2=C(CC(C)(C)[C@@H]2O)CC12CC2. The minimum Gasteiger partial charge on any atom is -0.468 e. The van der Waals surface area contributed by atoms with E-state index in [0.29, 0.717) is 6.61 Å². The van der Waals surface area contributed by atoms with E-state index in [-0.39, 0.29) is 27.8 Å². The fourth-order valence-electron chi connectivity index (χ4n) is 5.00. The molecule has 0 aromatic carbocycles. The molecule has 1 fully saturated rings. The summed E-state index contributed by atoms with van der Waals surface area (Å²) >= 11 is 7.23. The summed E-state index contributed by atoms with van der Waals surface area (Å²) in [5.74, 6) is -0.724. The average molecular weight is 429 g/mol. The quantitative estimate of drug-likeness (QED) is 0.294. The molecule has 3 atom stereocenters. The van der Waals surface area contributed by atoms with Crippen molar-refractivity contribution in [3.63, 3.8) is 0 Å². The third-order valence-electron chi connectivity index (χ3n) is 8.04. The van der Waals surface area contributed by atoms with Crippen LogP contribution in [0.25, 0.3) is 0 Å². The maximum atomic E-state index is 13.0. The molecular weight excluding hydrogens is 392 g/mol. The highest BCUT2D eigenvalue weighted by atomic mass is 35.5. The normalized spacial score (nSPS) is 33.8.